The Balaban J connectivity index is 2.19. The molecule has 2 aromatic rings. The molecule has 0 bridgehead atoms. The number of halogens is 1. The van der Waals surface area contributed by atoms with Crippen molar-refractivity contribution in [2.24, 2.45) is 0 Å². The second kappa shape index (κ2) is 6.60. The molecule has 118 valence electrons. The molecule has 2 aromatic carbocycles. The van der Waals surface area contributed by atoms with Crippen LogP contribution in [0.1, 0.15) is 15.9 Å². The molecular formula is C14H10FN3O5. The molecule has 0 unspecified atom stereocenters. The van der Waals surface area contributed by atoms with Crippen molar-refractivity contribution in [3.63, 3.8) is 0 Å². The molecule has 0 aliphatic rings. The third kappa shape index (κ3) is 4.06. The van der Waals surface area contributed by atoms with E-state index in [0.29, 0.717) is 5.56 Å². The molecule has 8 nitrogen and oxygen atoms in total. The monoisotopic (exact) mass is 319 g/mol. The van der Waals surface area contributed by atoms with E-state index in [0.717, 1.165) is 18.2 Å². The van der Waals surface area contributed by atoms with Crippen LogP contribution in [0, 0.1) is 26.0 Å². The van der Waals surface area contributed by atoms with Gasteiger partial charge in [-0.1, -0.05) is 12.1 Å². The van der Waals surface area contributed by atoms with Gasteiger partial charge in [0, 0.05) is 18.7 Å². The Hall–Kier alpha value is -3.36. The van der Waals surface area contributed by atoms with E-state index in [1.54, 1.807) is 0 Å². The van der Waals surface area contributed by atoms with Gasteiger partial charge in [0.05, 0.1) is 21.5 Å². The molecule has 23 heavy (non-hydrogen) atoms. The number of amides is 1. The molecule has 0 atom stereocenters. The Morgan fingerprint density at radius 1 is 1.00 bits per heavy atom. The zero-order chi connectivity index (χ0) is 17.0. The molecule has 0 saturated carbocycles. The highest BCUT2D eigenvalue weighted by molar-refractivity contribution is 5.95. The fourth-order valence-electron chi connectivity index (χ4n) is 1.82. The van der Waals surface area contributed by atoms with E-state index in [-0.39, 0.29) is 12.1 Å². The smallest absolute Gasteiger partial charge is 0.277 e. The van der Waals surface area contributed by atoms with Crippen molar-refractivity contribution >= 4 is 17.3 Å². The standard InChI is InChI=1S/C14H10FN3O5/c15-11-3-1-9(2-4-11)8-16-14(19)10-5-12(17(20)21)7-13(6-10)18(22)23/h1-7H,8H2,(H,16,19). The predicted octanol–water partition coefficient (Wildman–Crippen LogP) is 2.57. The van der Waals surface area contributed by atoms with E-state index < -0.39 is 32.9 Å². The summed E-state index contributed by atoms with van der Waals surface area (Å²) in [6, 6.07) is 8.05. The first-order valence-electron chi connectivity index (χ1n) is 6.33. The molecule has 0 radical (unpaired) electrons. The van der Waals surface area contributed by atoms with E-state index in [9.17, 15) is 29.4 Å². The summed E-state index contributed by atoms with van der Waals surface area (Å²) < 4.78 is 12.8. The molecular weight excluding hydrogens is 309 g/mol. The first-order valence-corrected chi connectivity index (χ1v) is 6.33. The minimum atomic E-state index is -0.816. The van der Waals surface area contributed by atoms with Crippen LogP contribution >= 0.6 is 0 Å². The number of nitrogens with one attached hydrogen (secondary N) is 1. The number of nitrogens with zero attached hydrogens (tertiary/aromatic N) is 2. The van der Waals surface area contributed by atoms with Gasteiger partial charge in [0.1, 0.15) is 5.82 Å². The number of benzene rings is 2. The highest BCUT2D eigenvalue weighted by Gasteiger charge is 2.19. The van der Waals surface area contributed by atoms with E-state index in [1.807, 2.05) is 0 Å². The van der Waals surface area contributed by atoms with Gasteiger partial charge in [0.15, 0.2) is 0 Å². The first kappa shape index (κ1) is 16.0. The summed E-state index contributed by atoms with van der Waals surface area (Å²) >= 11 is 0. The van der Waals surface area contributed by atoms with Crippen molar-refractivity contribution in [3.8, 4) is 0 Å². The predicted molar refractivity (Wildman–Crippen MR) is 77.3 cm³/mol. The van der Waals surface area contributed by atoms with Crippen LogP contribution in [-0.2, 0) is 6.54 Å². The van der Waals surface area contributed by atoms with Gasteiger partial charge in [-0.05, 0) is 17.7 Å². The lowest BCUT2D eigenvalue weighted by molar-refractivity contribution is -0.394. The minimum absolute atomic E-state index is 0.0512. The zero-order valence-electron chi connectivity index (χ0n) is 11.6. The SMILES string of the molecule is O=C(NCc1ccc(F)cc1)c1cc([N+](=O)[O-])cc([N+](=O)[O-])c1. The molecule has 0 aliphatic carbocycles. The average molecular weight is 319 g/mol. The number of non-ortho nitro benzene ring substituents is 2. The number of rotatable bonds is 5. The lowest BCUT2D eigenvalue weighted by Crippen LogP contribution is -2.23. The summed E-state index contributed by atoms with van der Waals surface area (Å²) in [5, 5.41) is 24.0. The van der Waals surface area contributed by atoms with Gasteiger partial charge in [-0.3, -0.25) is 25.0 Å². The van der Waals surface area contributed by atoms with E-state index >= 15 is 0 Å². The van der Waals surface area contributed by atoms with Crippen molar-refractivity contribution < 1.29 is 19.0 Å². The summed E-state index contributed by atoms with van der Waals surface area (Å²) in [5.41, 5.74) is -0.690. The highest BCUT2D eigenvalue weighted by Crippen LogP contribution is 2.22. The van der Waals surface area contributed by atoms with Crippen LogP contribution in [-0.4, -0.2) is 15.8 Å². The first-order chi connectivity index (χ1) is 10.9. The Morgan fingerprint density at radius 2 is 1.52 bits per heavy atom. The molecule has 0 saturated heterocycles. The maximum absolute atomic E-state index is 12.8. The van der Waals surface area contributed by atoms with Crippen LogP contribution in [0.3, 0.4) is 0 Å². The van der Waals surface area contributed by atoms with Gasteiger partial charge in [-0.2, -0.15) is 0 Å². The van der Waals surface area contributed by atoms with E-state index in [2.05, 4.69) is 5.32 Å². The van der Waals surface area contributed by atoms with Crippen molar-refractivity contribution in [2.75, 3.05) is 0 Å². The fraction of sp³-hybridized carbons (Fsp3) is 0.0714. The Labute approximate surface area is 128 Å². The lowest BCUT2D eigenvalue weighted by atomic mass is 10.1. The van der Waals surface area contributed by atoms with Crippen molar-refractivity contribution in [1.29, 1.82) is 0 Å². The van der Waals surface area contributed by atoms with Crippen LogP contribution in [0.2, 0.25) is 0 Å². The fourth-order valence-corrected chi connectivity index (χ4v) is 1.82. The molecule has 0 aromatic heterocycles. The van der Waals surface area contributed by atoms with Crippen LogP contribution in [0.25, 0.3) is 0 Å². The summed E-state index contributed by atoms with van der Waals surface area (Å²) in [5.74, 6) is -1.13. The Morgan fingerprint density at radius 3 is 2.00 bits per heavy atom. The van der Waals surface area contributed by atoms with Crippen LogP contribution in [0.5, 0.6) is 0 Å². The van der Waals surface area contributed by atoms with Gasteiger partial charge >= 0.3 is 0 Å². The third-order valence-electron chi connectivity index (χ3n) is 2.95. The molecule has 0 fully saturated rings. The second-order valence-corrected chi connectivity index (χ2v) is 4.56. The molecule has 1 N–H and O–H groups in total. The Bertz CT molecular complexity index is 744. The molecule has 1 amide bonds. The normalized spacial score (nSPS) is 10.1. The number of nitro benzene ring substituents is 2. The maximum atomic E-state index is 12.8. The van der Waals surface area contributed by atoms with Gasteiger partial charge in [0.2, 0.25) is 0 Å². The largest absolute Gasteiger partial charge is 0.348 e. The van der Waals surface area contributed by atoms with Crippen LogP contribution < -0.4 is 5.32 Å². The molecule has 0 heterocycles. The quantitative estimate of drug-likeness (QED) is 0.671. The summed E-state index contributed by atoms with van der Waals surface area (Å²) in [7, 11) is 0. The summed E-state index contributed by atoms with van der Waals surface area (Å²) in [6.45, 7) is 0.0512. The van der Waals surface area contributed by atoms with E-state index in [1.165, 1.54) is 24.3 Å². The van der Waals surface area contributed by atoms with E-state index in [4.69, 9.17) is 0 Å². The number of hydrogen-bond donors (Lipinski definition) is 1. The van der Waals surface area contributed by atoms with Crippen molar-refractivity contribution in [3.05, 3.63) is 79.6 Å². The minimum Gasteiger partial charge on any atom is -0.348 e. The highest BCUT2D eigenvalue weighted by atomic mass is 19.1. The van der Waals surface area contributed by atoms with Crippen molar-refractivity contribution in [2.45, 2.75) is 6.54 Å². The zero-order valence-corrected chi connectivity index (χ0v) is 11.6. The van der Waals surface area contributed by atoms with Crippen LogP contribution in [0.15, 0.2) is 42.5 Å². The van der Waals surface area contributed by atoms with Crippen molar-refractivity contribution in [1.82, 2.24) is 5.32 Å². The molecule has 2 rings (SSSR count). The van der Waals surface area contributed by atoms with Gasteiger partial charge in [-0.15, -0.1) is 0 Å². The van der Waals surface area contributed by atoms with Gasteiger partial charge < -0.3 is 5.32 Å². The van der Waals surface area contributed by atoms with Crippen LogP contribution in [0.4, 0.5) is 15.8 Å². The molecule has 9 heteroatoms. The number of carbonyl (C=O) groups is 1. The van der Waals surface area contributed by atoms with Gasteiger partial charge in [-0.25, -0.2) is 4.39 Å². The molecule has 0 spiro atoms. The lowest BCUT2D eigenvalue weighted by Gasteiger charge is -2.05. The number of nitro groups is 2. The summed E-state index contributed by atoms with van der Waals surface area (Å²) in [4.78, 5) is 31.9. The van der Waals surface area contributed by atoms with Gasteiger partial charge in [0.25, 0.3) is 17.3 Å². The Kier molecular flexibility index (Phi) is 4.60. The third-order valence-corrected chi connectivity index (χ3v) is 2.95. The topological polar surface area (TPSA) is 115 Å². The second-order valence-electron chi connectivity index (χ2n) is 4.56. The molecule has 0 aliphatic heterocycles. The maximum Gasteiger partial charge on any atom is 0.277 e. The summed E-state index contributed by atoms with van der Waals surface area (Å²) in [6.07, 6.45) is 0. The number of hydrogen-bond acceptors (Lipinski definition) is 5. The average Bonchev–Trinajstić information content (AvgIpc) is 2.53. The number of carbonyl (C=O) groups excluding carboxylic acids is 1.